The average molecular weight is 391 g/mol. The number of halogens is 1. The molecule has 5 rings (SSSR count). The van der Waals surface area contributed by atoms with Gasteiger partial charge < -0.3 is 9.55 Å². The van der Waals surface area contributed by atoms with Gasteiger partial charge in [-0.05, 0) is 36.4 Å². The number of H-pyrrole nitrogens is 1. The molecule has 0 radical (unpaired) electrons. The fourth-order valence-electron chi connectivity index (χ4n) is 3.24. The molecule has 0 spiro atoms. The zero-order valence-corrected chi connectivity index (χ0v) is 16.1. The summed E-state index contributed by atoms with van der Waals surface area (Å²) in [5.74, 6) is 0.909. The van der Waals surface area contributed by atoms with Gasteiger partial charge >= 0.3 is 0 Å². The van der Waals surface area contributed by atoms with E-state index in [4.69, 9.17) is 16.6 Å². The smallest absolute Gasteiger partial charge is 0.171 e. The van der Waals surface area contributed by atoms with Crippen LogP contribution in [0.4, 0.5) is 0 Å². The van der Waals surface area contributed by atoms with Crippen molar-refractivity contribution in [1.29, 1.82) is 0 Å². The molecule has 0 atom stereocenters. The lowest BCUT2D eigenvalue weighted by Gasteiger charge is -2.08. The summed E-state index contributed by atoms with van der Waals surface area (Å²) in [6, 6.07) is 22.1. The van der Waals surface area contributed by atoms with Gasteiger partial charge in [0.15, 0.2) is 5.16 Å². The molecule has 0 fully saturated rings. The maximum Gasteiger partial charge on any atom is 0.171 e. The van der Waals surface area contributed by atoms with E-state index < -0.39 is 0 Å². The van der Waals surface area contributed by atoms with Crippen molar-refractivity contribution in [3.63, 3.8) is 0 Å². The second kappa shape index (κ2) is 6.44. The van der Waals surface area contributed by atoms with Crippen molar-refractivity contribution >= 4 is 45.4 Å². The third kappa shape index (κ3) is 2.89. The van der Waals surface area contributed by atoms with Gasteiger partial charge in [0.2, 0.25) is 0 Å². The van der Waals surface area contributed by atoms with E-state index in [2.05, 4.69) is 26.7 Å². The molecule has 4 nitrogen and oxygen atoms in total. The van der Waals surface area contributed by atoms with Gasteiger partial charge in [0.25, 0.3) is 0 Å². The van der Waals surface area contributed by atoms with Gasteiger partial charge in [0, 0.05) is 22.5 Å². The van der Waals surface area contributed by atoms with Crippen molar-refractivity contribution in [2.75, 3.05) is 0 Å². The first kappa shape index (κ1) is 16.4. The van der Waals surface area contributed by atoms with E-state index in [1.807, 2.05) is 61.6 Å². The molecule has 6 heteroatoms. The third-order valence-corrected chi connectivity index (χ3v) is 5.74. The topological polar surface area (TPSA) is 46.5 Å². The summed E-state index contributed by atoms with van der Waals surface area (Å²) in [4.78, 5) is 14.0. The van der Waals surface area contributed by atoms with Crippen LogP contribution in [0.25, 0.3) is 33.5 Å². The number of nitrogens with one attached hydrogen (secondary N) is 1. The van der Waals surface area contributed by atoms with E-state index in [1.165, 1.54) is 0 Å². The van der Waals surface area contributed by atoms with Gasteiger partial charge in [0.05, 0.1) is 22.1 Å². The highest BCUT2D eigenvalue weighted by molar-refractivity contribution is 7.99. The number of hydrogen-bond donors (Lipinski definition) is 1. The predicted molar refractivity (Wildman–Crippen MR) is 111 cm³/mol. The van der Waals surface area contributed by atoms with Crippen LogP contribution < -0.4 is 0 Å². The summed E-state index contributed by atoms with van der Waals surface area (Å²) in [6.45, 7) is 0. The van der Waals surface area contributed by atoms with Crippen molar-refractivity contribution in [3.8, 4) is 11.4 Å². The molecule has 0 unspecified atom stereocenters. The number of aryl methyl sites for hydroxylation is 1. The van der Waals surface area contributed by atoms with Crippen LogP contribution in [0.5, 0.6) is 0 Å². The van der Waals surface area contributed by atoms with Crippen molar-refractivity contribution in [3.05, 3.63) is 71.8 Å². The Morgan fingerprint density at radius 2 is 1.74 bits per heavy atom. The summed E-state index contributed by atoms with van der Waals surface area (Å²) in [6.07, 6.45) is 0. The minimum Gasteiger partial charge on any atom is -0.333 e. The third-order valence-electron chi connectivity index (χ3n) is 4.55. The highest BCUT2D eigenvalue weighted by atomic mass is 35.5. The Hall–Kier alpha value is -2.76. The summed E-state index contributed by atoms with van der Waals surface area (Å²) in [5.41, 5.74) is 5.02. The van der Waals surface area contributed by atoms with Crippen molar-refractivity contribution in [1.82, 2.24) is 19.5 Å². The molecule has 0 saturated carbocycles. The lowest BCUT2D eigenvalue weighted by molar-refractivity contribution is 0.954. The van der Waals surface area contributed by atoms with Crippen molar-refractivity contribution in [2.45, 2.75) is 10.1 Å². The van der Waals surface area contributed by atoms with Crippen molar-refractivity contribution < 1.29 is 0 Å². The molecule has 0 aliphatic carbocycles. The highest BCUT2D eigenvalue weighted by Crippen LogP contribution is 2.36. The SMILES string of the molecule is Cn1c(-c2ccccc2Sc2nc3ccccc3[nH]2)nc2cc(Cl)ccc21. The number of rotatable bonds is 3. The number of imidazole rings is 2. The number of para-hydroxylation sites is 2. The van der Waals surface area contributed by atoms with E-state index in [-0.39, 0.29) is 0 Å². The largest absolute Gasteiger partial charge is 0.333 e. The van der Waals surface area contributed by atoms with Crippen LogP contribution in [0.1, 0.15) is 0 Å². The summed E-state index contributed by atoms with van der Waals surface area (Å²) in [7, 11) is 2.03. The number of benzene rings is 3. The van der Waals surface area contributed by atoms with Gasteiger partial charge in [-0.2, -0.15) is 0 Å². The zero-order chi connectivity index (χ0) is 18.4. The van der Waals surface area contributed by atoms with Crippen LogP contribution in [0.3, 0.4) is 0 Å². The molecule has 0 saturated heterocycles. The lowest BCUT2D eigenvalue weighted by Crippen LogP contribution is -1.94. The van der Waals surface area contributed by atoms with Gasteiger partial charge in [-0.15, -0.1) is 0 Å². The number of fused-ring (bicyclic) bond motifs is 2. The number of nitrogens with zero attached hydrogens (tertiary/aromatic N) is 3. The number of hydrogen-bond acceptors (Lipinski definition) is 3. The molecule has 5 aromatic rings. The zero-order valence-electron chi connectivity index (χ0n) is 14.5. The quantitative estimate of drug-likeness (QED) is 0.416. The van der Waals surface area contributed by atoms with Crippen LogP contribution in [0.15, 0.2) is 76.8 Å². The molecule has 0 bridgehead atoms. The molecule has 0 amide bonds. The molecular formula is C21H15ClN4S. The van der Waals surface area contributed by atoms with Crippen LogP contribution in [0.2, 0.25) is 5.02 Å². The van der Waals surface area contributed by atoms with Crippen LogP contribution >= 0.6 is 23.4 Å². The fraction of sp³-hybridized carbons (Fsp3) is 0.0476. The Morgan fingerprint density at radius 1 is 0.926 bits per heavy atom. The monoisotopic (exact) mass is 390 g/mol. The number of aromatic amines is 1. The maximum atomic E-state index is 6.14. The minimum atomic E-state index is 0.692. The average Bonchev–Trinajstić information content (AvgIpc) is 3.22. The summed E-state index contributed by atoms with van der Waals surface area (Å²) in [5, 5.41) is 1.56. The van der Waals surface area contributed by atoms with E-state index >= 15 is 0 Å². The van der Waals surface area contributed by atoms with Gasteiger partial charge in [0.1, 0.15) is 5.82 Å². The van der Waals surface area contributed by atoms with Gasteiger partial charge in [-0.3, -0.25) is 0 Å². The predicted octanol–water partition coefficient (Wildman–Crippen LogP) is 5.92. The molecule has 2 heterocycles. The molecule has 0 aliphatic heterocycles. The molecule has 132 valence electrons. The minimum absolute atomic E-state index is 0.692. The van der Waals surface area contributed by atoms with E-state index in [0.717, 1.165) is 43.5 Å². The van der Waals surface area contributed by atoms with E-state index in [9.17, 15) is 0 Å². The molecular weight excluding hydrogens is 376 g/mol. The first-order chi connectivity index (χ1) is 13.2. The second-order valence-corrected chi connectivity index (χ2v) is 7.75. The second-order valence-electron chi connectivity index (χ2n) is 6.28. The van der Waals surface area contributed by atoms with Gasteiger partial charge in [-0.1, -0.05) is 53.7 Å². The highest BCUT2D eigenvalue weighted by Gasteiger charge is 2.15. The van der Waals surface area contributed by atoms with E-state index in [0.29, 0.717) is 5.02 Å². The van der Waals surface area contributed by atoms with E-state index in [1.54, 1.807) is 11.8 Å². The lowest BCUT2D eigenvalue weighted by atomic mass is 10.2. The standard InChI is InChI=1S/C21H15ClN4S/c1-26-18-11-10-13(22)12-17(18)23-20(26)14-6-2-5-9-19(14)27-21-24-15-7-3-4-8-16(15)25-21/h2-12H,1H3,(H,24,25). The van der Waals surface area contributed by atoms with Crippen LogP contribution in [-0.2, 0) is 7.05 Å². The van der Waals surface area contributed by atoms with Crippen LogP contribution in [0, 0.1) is 0 Å². The van der Waals surface area contributed by atoms with Gasteiger partial charge in [-0.25, -0.2) is 9.97 Å². The summed E-state index contributed by atoms with van der Waals surface area (Å²) < 4.78 is 2.10. The van der Waals surface area contributed by atoms with Crippen molar-refractivity contribution in [2.24, 2.45) is 7.05 Å². The normalized spacial score (nSPS) is 11.5. The summed E-state index contributed by atoms with van der Waals surface area (Å²) >= 11 is 7.75. The molecule has 3 aromatic carbocycles. The Kier molecular flexibility index (Phi) is 3.92. The molecule has 27 heavy (non-hydrogen) atoms. The fourth-order valence-corrected chi connectivity index (χ4v) is 4.33. The Morgan fingerprint density at radius 3 is 2.63 bits per heavy atom. The molecule has 2 aromatic heterocycles. The molecule has 1 N–H and O–H groups in total. The Balaban J connectivity index is 1.61. The first-order valence-electron chi connectivity index (χ1n) is 8.53. The molecule has 0 aliphatic rings. The van der Waals surface area contributed by atoms with Crippen LogP contribution in [-0.4, -0.2) is 19.5 Å². The first-order valence-corrected chi connectivity index (χ1v) is 9.72. The maximum absolute atomic E-state index is 6.14. The Labute approximate surface area is 165 Å². The number of aromatic nitrogens is 4. The Bertz CT molecular complexity index is 1260.